The Morgan fingerprint density at radius 3 is 1.64 bits per heavy atom. The minimum absolute atomic E-state index is 0.0228. The van der Waals surface area contributed by atoms with E-state index in [2.05, 4.69) is 85.8 Å². The number of benzene rings is 2. The Balaban J connectivity index is 1.47. The van der Waals surface area contributed by atoms with Gasteiger partial charge in [0.15, 0.2) is 0 Å². The molecule has 0 aromatic heterocycles. The molecule has 2 fully saturated rings. The predicted molar refractivity (Wildman–Crippen MR) is 150 cm³/mol. The zero-order valence-electron chi connectivity index (χ0n) is 20.3. The summed E-state index contributed by atoms with van der Waals surface area (Å²) in [6, 6.07) is 22.7. The van der Waals surface area contributed by atoms with Gasteiger partial charge < -0.3 is 0 Å². The maximum absolute atomic E-state index is 2.64. The van der Waals surface area contributed by atoms with Crippen LogP contribution < -0.4 is 10.6 Å². The highest BCUT2D eigenvalue weighted by atomic mass is 31.1. The molecule has 2 aromatic carbocycles. The lowest BCUT2D eigenvalue weighted by Gasteiger charge is -2.44. The fourth-order valence-corrected chi connectivity index (χ4v) is 13.8. The Morgan fingerprint density at radius 1 is 0.667 bits per heavy atom. The maximum Gasteiger partial charge on any atom is 0.0197 e. The molecular weight excluding hydrogens is 434 g/mol. The minimum atomic E-state index is -0.407. The van der Waals surface area contributed by atoms with Crippen molar-refractivity contribution in [2.24, 2.45) is 0 Å². The third kappa shape index (κ3) is 5.39. The normalized spacial score (nSPS) is 23.2. The molecular formula is C31H40P2. The van der Waals surface area contributed by atoms with Gasteiger partial charge in [-0.1, -0.05) is 138 Å². The van der Waals surface area contributed by atoms with Crippen molar-refractivity contribution in [1.29, 1.82) is 0 Å². The van der Waals surface area contributed by atoms with E-state index in [9.17, 15) is 0 Å². The van der Waals surface area contributed by atoms with Gasteiger partial charge in [-0.15, -0.1) is 0 Å². The van der Waals surface area contributed by atoms with Crippen molar-refractivity contribution in [2.45, 2.75) is 93.8 Å². The molecule has 0 amide bonds. The van der Waals surface area contributed by atoms with Crippen molar-refractivity contribution in [3.05, 3.63) is 84.5 Å². The van der Waals surface area contributed by atoms with Crippen LogP contribution in [-0.4, -0.2) is 22.6 Å². The van der Waals surface area contributed by atoms with Gasteiger partial charge in [0.2, 0.25) is 0 Å². The molecule has 2 saturated carbocycles. The van der Waals surface area contributed by atoms with Crippen LogP contribution in [0.3, 0.4) is 0 Å². The molecule has 0 radical (unpaired) electrons. The third-order valence-electron chi connectivity index (χ3n) is 8.18. The van der Waals surface area contributed by atoms with Crippen molar-refractivity contribution in [1.82, 2.24) is 0 Å². The van der Waals surface area contributed by atoms with E-state index < -0.39 is 7.92 Å². The van der Waals surface area contributed by atoms with Crippen molar-refractivity contribution in [2.75, 3.05) is 0 Å². The van der Waals surface area contributed by atoms with Crippen LogP contribution in [0.2, 0.25) is 0 Å². The fourth-order valence-electron chi connectivity index (χ4n) is 6.57. The van der Waals surface area contributed by atoms with Gasteiger partial charge >= 0.3 is 0 Å². The highest BCUT2D eigenvalue weighted by molar-refractivity contribution is 7.74. The van der Waals surface area contributed by atoms with Gasteiger partial charge in [0, 0.05) is 11.3 Å². The van der Waals surface area contributed by atoms with Gasteiger partial charge in [0.05, 0.1) is 0 Å². The molecule has 33 heavy (non-hydrogen) atoms. The lowest BCUT2D eigenvalue weighted by Crippen LogP contribution is -2.30. The quantitative estimate of drug-likeness (QED) is 0.353. The van der Waals surface area contributed by atoms with Gasteiger partial charge in [0.25, 0.3) is 0 Å². The van der Waals surface area contributed by atoms with Crippen molar-refractivity contribution < 1.29 is 0 Å². The van der Waals surface area contributed by atoms with E-state index in [4.69, 9.17) is 0 Å². The summed E-state index contributed by atoms with van der Waals surface area (Å²) in [5.74, 6) is 0. The average molecular weight is 475 g/mol. The van der Waals surface area contributed by atoms with Gasteiger partial charge in [0.1, 0.15) is 0 Å². The van der Waals surface area contributed by atoms with Crippen LogP contribution >= 0.6 is 15.8 Å². The first kappa shape index (κ1) is 23.5. The molecule has 0 aliphatic heterocycles. The summed E-state index contributed by atoms with van der Waals surface area (Å²) in [6.45, 7) is 2.55. The molecule has 0 heterocycles. The summed E-state index contributed by atoms with van der Waals surface area (Å²) >= 11 is 0. The molecule has 3 aliphatic rings. The molecule has 1 unspecified atom stereocenters. The second kappa shape index (κ2) is 11.5. The third-order valence-corrected chi connectivity index (χ3v) is 14.8. The van der Waals surface area contributed by atoms with E-state index in [0.717, 1.165) is 17.0 Å². The van der Waals surface area contributed by atoms with Crippen LogP contribution in [0.1, 0.15) is 71.1 Å². The molecule has 2 heteroatoms. The largest absolute Gasteiger partial charge is 0.0890 e. The number of hydrogen-bond donors (Lipinski definition) is 0. The number of allylic oxidation sites excluding steroid dienone is 4. The van der Waals surface area contributed by atoms with Gasteiger partial charge in [-0.05, 0) is 55.5 Å². The van der Waals surface area contributed by atoms with Crippen molar-refractivity contribution in [3.63, 3.8) is 0 Å². The first-order valence-corrected chi connectivity index (χ1v) is 16.3. The van der Waals surface area contributed by atoms with Crippen LogP contribution in [0.5, 0.6) is 0 Å². The van der Waals surface area contributed by atoms with Gasteiger partial charge in [-0.25, -0.2) is 0 Å². The fraction of sp³-hybridized carbons (Fsp3) is 0.484. The molecule has 2 aromatic rings. The smallest absolute Gasteiger partial charge is 0.0197 e. The average Bonchev–Trinajstić information content (AvgIpc) is 3.36. The second-order valence-corrected chi connectivity index (χ2v) is 15.7. The standard InChI is InChI=1S/C31H40P2/c1-25(32(26-15-6-2-7-16-26)27-17-8-3-9-18-27)30-23-14-24-31(30)33(28-19-10-4-11-20-28)29-21-12-5-13-22-29/h2-3,6-9,14-18,23-25,28-29,31H,4-5,10-13,19-22H2,1H3/t25-,31?/m1/s1. The summed E-state index contributed by atoms with van der Waals surface area (Å²) in [5, 5.41) is 3.05. The lowest BCUT2D eigenvalue weighted by atomic mass is 9.99. The van der Waals surface area contributed by atoms with E-state index >= 15 is 0 Å². The van der Waals surface area contributed by atoms with Crippen LogP contribution in [0, 0.1) is 0 Å². The molecule has 2 atom stereocenters. The summed E-state index contributed by atoms with van der Waals surface area (Å²) in [5.41, 5.74) is 5.07. The molecule has 0 N–H and O–H groups in total. The number of hydrogen-bond acceptors (Lipinski definition) is 0. The van der Waals surface area contributed by atoms with E-state index in [1.54, 1.807) is 5.57 Å². The molecule has 0 spiro atoms. The molecule has 3 aliphatic carbocycles. The highest BCUT2D eigenvalue weighted by Crippen LogP contribution is 2.63. The zero-order chi connectivity index (χ0) is 22.5. The first-order chi connectivity index (χ1) is 16.3. The van der Waals surface area contributed by atoms with Crippen molar-refractivity contribution in [3.8, 4) is 0 Å². The number of rotatable bonds is 7. The van der Waals surface area contributed by atoms with E-state index in [1.807, 2.05) is 0 Å². The van der Waals surface area contributed by atoms with E-state index in [-0.39, 0.29) is 7.92 Å². The van der Waals surface area contributed by atoms with Gasteiger partial charge in [-0.3, -0.25) is 0 Å². The zero-order valence-corrected chi connectivity index (χ0v) is 22.1. The summed E-state index contributed by atoms with van der Waals surface area (Å²) < 4.78 is 0. The summed E-state index contributed by atoms with van der Waals surface area (Å²) in [6.07, 6.45) is 22.5. The van der Waals surface area contributed by atoms with Crippen molar-refractivity contribution >= 4 is 26.5 Å². The monoisotopic (exact) mass is 474 g/mol. The van der Waals surface area contributed by atoms with Crippen LogP contribution in [0.25, 0.3) is 0 Å². The highest BCUT2D eigenvalue weighted by Gasteiger charge is 2.40. The molecule has 5 rings (SSSR count). The SMILES string of the molecule is C[C@H](C1=CC=CC1P(C1CCCCC1)C1CCCCC1)P(c1ccccc1)c1ccccc1. The molecule has 0 bridgehead atoms. The van der Waals surface area contributed by atoms with Crippen LogP contribution in [0.4, 0.5) is 0 Å². The topological polar surface area (TPSA) is 0 Å². The molecule has 174 valence electrons. The van der Waals surface area contributed by atoms with Crippen LogP contribution in [0.15, 0.2) is 84.5 Å². The Morgan fingerprint density at radius 2 is 1.15 bits per heavy atom. The Kier molecular flexibility index (Phi) is 8.18. The first-order valence-electron chi connectivity index (χ1n) is 13.4. The van der Waals surface area contributed by atoms with E-state index in [1.165, 1.54) is 74.8 Å². The lowest BCUT2D eigenvalue weighted by molar-refractivity contribution is 0.483. The molecule has 0 nitrogen and oxygen atoms in total. The summed E-state index contributed by atoms with van der Waals surface area (Å²) in [7, 11) is -0.384. The van der Waals surface area contributed by atoms with E-state index in [0.29, 0.717) is 5.66 Å². The Hall–Kier alpha value is -1.22. The Bertz CT molecular complexity index is 862. The molecule has 0 saturated heterocycles. The summed E-state index contributed by atoms with van der Waals surface area (Å²) in [4.78, 5) is 0. The van der Waals surface area contributed by atoms with Crippen LogP contribution in [-0.2, 0) is 0 Å². The van der Waals surface area contributed by atoms with Gasteiger partial charge in [-0.2, -0.15) is 0 Å². The predicted octanol–water partition coefficient (Wildman–Crippen LogP) is 8.52. The minimum Gasteiger partial charge on any atom is -0.0890 e. The second-order valence-electron chi connectivity index (χ2n) is 10.2. The maximum atomic E-state index is 2.64. The Labute approximate surface area is 204 Å².